The van der Waals surface area contributed by atoms with Crippen molar-refractivity contribution < 1.29 is 22.3 Å². The largest absolute Gasteiger partial charge is 0.493 e. The number of nitrogens with one attached hydrogen (secondary N) is 2. The van der Waals surface area contributed by atoms with Crippen molar-refractivity contribution in [1.82, 2.24) is 15.3 Å². The quantitative estimate of drug-likeness (QED) is 0.353. The molecule has 0 spiro atoms. The van der Waals surface area contributed by atoms with E-state index in [0.29, 0.717) is 47.5 Å². The topological polar surface area (TPSA) is 102 Å². The highest BCUT2D eigenvalue weighted by atomic mass is 35.5. The maximum Gasteiger partial charge on any atom is 0.162 e. The Kier molecular flexibility index (Phi) is 8.48. The second-order valence-corrected chi connectivity index (χ2v) is 11.7. The van der Waals surface area contributed by atoms with Crippen molar-refractivity contribution in [3.8, 4) is 11.5 Å². The zero-order valence-electron chi connectivity index (χ0n) is 20.3. The van der Waals surface area contributed by atoms with Crippen LogP contribution in [0, 0.1) is 5.82 Å². The smallest absolute Gasteiger partial charge is 0.162 e. The van der Waals surface area contributed by atoms with E-state index in [2.05, 4.69) is 20.6 Å². The molecule has 0 unspecified atom stereocenters. The van der Waals surface area contributed by atoms with Gasteiger partial charge in [0.15, 0.2) is 11.5 Å². The van der Waals surface area contributed by atoms with Gasteiger partial charge in [0.25, 0.3) is 0 Å². The summed E-state index contributed by atoms with van der Waals surface area (Å²) in [7, 11) is -1.33. The maximum atomic E-state index is 13.6. The highest BCUT2D eigenvalue weighted by Crippen LogP contribution is 2.37. The van der Waals surface area contributed by atoms with Crippen LogP contribution < -0.4 is 20.1 Å². The minimum absolute atomic E-state index is 0.0181. The zero-order chi connectivity index (χ0) is 25.7. The van der Waals surface area contributed by atoms with Gasteiger partial charge in [-0.05, 0) is 62.9 Å². The number of anilines is 2. The third kappa shape index (κ3) is 6.96. The molecule has 1 aliphatic carbocycles. The summed E-state index contributed by atoms with van der Waals surface area (Å²) in [6.07, 6.45) is 6.99. The van der Waals surface area contributed by atoms with Gasteiger partial charge in [-0.3, -0.25) is 0 Å². The van der Waals surface area contributed by atoms with E-state index in [1.807, 2.05) is 12.1 Å². The van der Waals surface area contributed by atoms with Crippen molar-refractivity contribution in [2.24, 2.45) is 0 Å². The Morgan fingerprint density at radius 1 is 1.11 bits per heavy atom. The molecule has 0 amide bonds. The fourth-order valence-electron chi connectivity index (χ4n) is 4.33. The molecule has 1 saturated carbocycles. The average Bonchev–Trinajstić information content (AvgIpc) is 2.84. The summed E-state index contributed by atoms with van der Waals surface area (Å²) in [5, 5.41) is 7.39. The molecule has 8 nitrogen and oxygen atoms in total. The van der Waals surface area contributed by atoms with Crippen LogP contribution in [-0.2, 0) is 9.84 Å². The van der Waals surface area contributed by atoms with Crippen LogP contribution in [0.2, 0.25) is 5.02 Å². The van der Waals surface area contributed by atoms with Crippen LogP contribution in [0.3, 0.4) is 0 Å². The molecule has 0 saturated heterocycles. The number of ether oxygens (including phenoxy) is 2. The second-order valence-electron chi connectivity index (χ2n) is 9.03. The van der Waals surface area contributed by atoms with Crippen molar-refractivity contribution in [2.45, 2.75) is 44.2 Å². The third-order valence-electron chi connectivity index (χ3n) is 6.20. The molecule has 1 fully saturated rings. The molecule has 2 aromatic carbocycles. The minimum atomic E-state index is -2.92. The van der Waals surface area contributed by atoms with Gasteiger partial charge in [0, 0.05) is 29.4 Å². The van der Waals surface area contributed by atoms with Gasteiger partial charge < -0.3 is 20.1 Å². The molecule has 0 aliphatic heterocycles. The van der Waals surface area contributed by atoms with E-state index >= 15 is 0 Å². The molecule has 3 aromatic rings. The summed E-state index contributed by atoms with van der Waals surface area (Å²) < 4.78 is 48.1. The highest BCUT2D eigenvalue weighted by molar-refractivity contribution is 7.90. The van der Waals surface area contributed by atoms with Crippen molar-refractivity contribution >= 4 is 43.8 Å². The zero-order valence-corrected chi connectivity index (χ0v) is 21.8. The fourth-order valence-corrected chi connectivity index (χ4v) is 5.18. The number of methoxy groups -OCH3 is 1. The lowest BCUT2D eigenvalue weighted by molar-refractivity contribution is 0.135. The minimum Gasteiger partial charge on any atom is -0.493 e. The lowest BCUT2D eigenvalue weighted by Crippen LogP contribution is -2.37. The van der Waals surface area contributed by atoms with Gasteiger partial charge in [0.1, 0.15) is 27.8 Å². The molecule has 36 heavy (non-hydrogen) atoms. The number of sulfone groups is 1. The number of benzene rings is 2. The summed E-state index contributed by atoms with van der Waals surface area (Å²) in [5.74, 6) is 1.43. The second kappa shape index (κ2) is 11.6. The summed E-state index contributed by atoms with van der Waals surface area (Å²) in [6, 6.07) is 8.40. The van der Waals surface area contributed by atoms with Crippen LogP contribution in [0.4, 0.5) is 15.9 Å². The molecular formula is C25H30ClFN4O4S. The number of rotatable bonds is 10. The molecule has 11 heteroatoms. The Labute approximate surface area is 215 Å². The number of fused-ring (bicyclic) bond motifs is 1. The summed E-state index contributed by atoms with van der Waals surface area (Å²) >= 11 is 5.92. The normalized spacial score (nSPS) is 18.2. The van der Waals surface area contributed by atoms with Crippen molar-refractivity contribution in [2.75, 3.05) is 31.0 Å². The van der Waals surface area contributed by atoms with E-state index in [-0.39, 0.29) is 16.9 Å². The number of halogens is 2. The molecule has 0 radical (unpaired) electrons. The monoisotopic (exact) mass is 536 g/mol. The maximum absolute atomic E-state index is 13.6. The van der Waals surface area contributed by atoms with E-state index in [9.17, 15) is 12.8 Å². The van der Waals surface area contributed by atoms with Crippen LogP contribution in [0.1, 0.15) is 32.1 Å². The average molecular weight is 537 g/mol. The van der Waals surface area contributed by atoms with Crippen LogP contribution in [0.25, 0.3) is 10.9 Å². The van der Waals surface area contributed by atoms with Gasteiger partial charge in [0.05, 0.1) is 29.5 Å². The SMILES string of the molecule is COc1cc2ncnc(Nc3ccc(F)c(Cl)c3)c2cc1OC1CCC(NCCCS(C)(=O)=O)CC1. The van der Waals surface area contributed by atoms with E-state index in [4.69, 9.17) is 21.1 Å². The van der Waals surface area contributed by atoms with E-state index in [1.54, 1.807) is 13.2 Å². The summed E-state index contributed by atoms with van der Waals surface area (Å²) in [4.78, 5) is 8.71. The van der Waals surface area contributed by atoms with Crippen LogP contribution >= 0.6 is 11.6 Å². The lowest BCUT2D eigenvalue weighted by atomic mass is 9.93. The number of hydrogen-bond donors (Lipinski definition) is 2. The van der Waals surface area contributed by atoms with E-state index in [1.165, 1.54) is 24.7 Å². The molecule has 0 atom stereocenters. The first-order chi connectivity index (χ1) is 17.2. The van der Waals surface area contributed by atoms with Crippen molar-refractivity contribution in [1.29, 1.82) is 0 Å². The van der Waals surface area contributed by atoms with Gasteiger partial charge in [-0.2, -0.15) is 0 Å². The van der Waals surface area contributed by atoms with Crippen molar-refractivity contribution in [3.05, 3.63) is 47.5 Å². The highest BCUT2D eigenvalue weighted by Gasteiger charge is 2.24. The first kappa shape index (κ1) is 26.4. The Morgan fingerprint density at radius 2 is 1.89 bits per heavy atom. The molecule has 2 N–H and O–H groups in total. The van der Waals surface area contributed by atoms with Crippen LogP contribution in [0.15, 0.2) is 36.7 Å². The Morgan fingerprint density at radius 3 is 2.58 bits per heavy atom. The Hall–Kier alpha value is -2.69. The summed E-state index contributed by atoms with van der Waals surface area (Å²) in [5.41, 5.74) is 1.27. The molecule has 194 valence electrons. The van der Waals surface area contributed by atoms with Crippen LogP contribution in [-0.4, -0.2) is 56.2 Å². The van der Waals surface area contributed by atoms with E-state index in [0.717, 1.165) is 31.1 Å². The van der Waals surface area contributed by atoms with E-state index < -0.39 is 15.7 Å². The first-order valence-electron chi connectivity index (χ1n) is 11.8. The first-order valence-corrected chi connectivity index (χ1v) is 14.3. The van der Waals surface area contributed by atoms with Gasteiger partial charge in [0.2, 0.25) is 0 Å². The third-order valence-corrected chi connectivity index (χ3v) is 7.52. The molecule has 1 heterocycles. The van der Waals surface area contributed by atoms with Gasteiger partial charge in [-0.15, -0.1) is 0 Å². The number of aromatic nitrogens is 2. The summed E-state index contributed by atoms with van der Waals surface area (Å²) in [6.45, 7) is 0.691. The van der Waals surface area contributed by atoms with Crippen LogP contribution in [0.5, 0.6) is 11.5 Å². The molecule has 4 rings (SSSR count). The van der Waals surface area contributed by atoms with Gasteiger partial charge in [-0.25, -0.2) is 22.8 Å². The van der Waals surface area contributed by atoms with Gasteiger partial charge in [-0.1, -0.05) is 11.6 Å². The number of hydrogen-bond acceptors (Lipinski definition) is 8. The van der Waals surface area contributed by atoms with Crippen molar-refractivity contribution in [3.63, 3.8) is 0 Å². The molecule has 1 aliphatic rings. The number of nitrogens with zero attached hydrogens (tertiary/aromatic N) is 2. The molecule has 0 bridgehead atoms. The lowest BCUT2D eigenvalue weighted by Gasteiger charge is -2.30. The Balaban J connectivity index is 1.43. The predicted octanol–water partition coefficient (Wildman–Crippen LogP) is 4.89. The van der Waals surface area contributed by atoms with Gasteiger partial charge >= 0.3 is 0 Å². The predicted molar refractivity (Wildman–Crippen MR) is 140 cm³/mol. The molecular weight excluding hydrogens is 507 g/mol. The molecule has 1 aromatic heterocycles. The fraction of sp³-hybridized carbons (Fsp3) is 0.440. The Bertz CT molecular complexity index is 1320. The standard InChI is InChI=1S/C25H30ClFN4O4S/c1-34-23-14-22-19(25(30-15-29-22)31-17-6-9-21(27)20(26)12-17)13-24(23)35-18-7-4-16(5-8-18)28-10-3-11-36(2,32)33/h6,9,12-16,18,28H,3-5,7-8,10-11H2,1-2H3,(H,29,30,31).